The number of rotatable bonds is 6. The second kappa shape index (κ2) is 6.49. The third-order valence-corrected chi connectivity index (χ3v) is 2.58. The van der Waals surface area contributed by atoms with Crippen LogP contribution in [0.25, 0.3) is 0 Å². The molecule has 100 valence electrons. The van der Waals surface area contributed by atoms with Gasteiger partial charge in [0.1, 0.15) is 5.75 Å². The van der Waals surface area contributed by atoms with Crippen molar-refractivity contribution in [2.75, 3.05) is 12.3 Å². The van der Waals surface area contributed by atoms with Gasteiger partial charge in [-0.25, -0.2) is 0 Å². The summed E-state index contributed by atoms with van der Waals surface area (Å²) >= 11 is 0. The molecule has 1 aromatic heterocycles. The average Bonchev–Trinajstić information content (AvgIpc) is 2.92. The van der Waals surface area contributed by atoms with E-state index in [2.05, 4.69) is 5.32 Å². The monoisotopic (exact) mass is 260 g/mol. The smallest absolute Gasteiger partial charge is 0.223 e. The molecule has 2 aromatic rings. The molecule has 5 heteroatoms. The number of nitrogens with one attached hydrogen (secondary N) is 1. The van der Waals surface area contributed by atoms with E-state index in [1.54, 1.807) is 30.7 Å². The first-order valence-corrected chi connectivity index (χ1v) is 6.01. The standard InChI is InChI=1S/C14H16N2O3/c15-12-3-1-2-4-13(12)19-8-6-14(17)16-9-11-5-7-18-10-11/h1-5,7,10H,6,8-9,15H2,(H,16,17). The maximum absolute atomic E-state index is 11.6. The number of hydrogen-bond donors (Lipinski definition) is 2. The minimum Gasteiger partial charge on any atom is -0.491 e. The van der Waals surface area contributed by atoms with Gasteiger partial charge in [-0.1, -0.05) is 12.1 Å². The molecular weight excluding hydrogens is 244 g/mol. The van der Waals surface area contributed by atoms with Crippen molar-refractivity contribution in [3.8, 4) is 5.75 Å². The van der Waals surface area contributed by atoms with E-state index in [-0.39, 0.29) is 12.3 Å². The summed E-state index contributed by atoms with van der Waals surface area (Å²) in [6.07, 6.45) is 3.45. The zero-order valence-corrected chi connectivity index (χ0v) is 10.5. The minimum absolute atomic E-state index is 0.0734. The van der Waals surface area contributed by atoms with Crippen LogP contribution < -0.4 is 15.8 Å². The topological polar surface area (TPSA) is 77.5 Å². The number of para-hydroxylation sites is 2. The van der Waals surface area contributed by atoms with Crippen LogP contribution in [-0.2, 0) is 11.3 Å². The summed E-state index contributed by atoms with van der Waals surface area (Å²) in [5, 5.41) is 2.78. The van der Waals surface area contributed by atoms with Gasteiger partial charge in [-0.3, -0.25) is 4.79 Å². The number of nitrogen functional groups attached to an aromatic ring is 1. The molecule has 2 rings (SSSR count). The highest BCUT2D eigenvalue weighted by molar-refractivity contribution is 5.76. The van der Waals surface area contributed by atoms with Gasteiger partial charge in [-0.05, 0) is 18.2 Å². The highest BCUT2D eigenvalue weighted by atomic mass is 16.5. The Kier molecular flexibility index (Phi) is 4.44. The van der Waals surface area contributed by atoms with Crippen LogP contribution in [0.15, 0.2) is 47.3 Å². The van der Waals surface area contributed by atoms with Gasteiger partial charge in [-0.2, -0.15) is 0 Å². The van der Waals surface area contributed by atoms with Crippen LogP contribution in [0.3, 0.4) is 0 Å². The minimum atomic E-state index is -0.0734. The van der Waals surface area contributed by atoms with E-state index >= 15 is 0 Å². The number of carbonyl (C=O) groups is 1. The van der Waals surface area contributed by atoms with Crippen LogP contribution in [0.1, 0.15) is 12.0 Å². The lowest BCUT2D eigenvalue weighted by atomic mass is 10.3. The van der Waals surface area contributed by atoms with Crippen molar-refractivity contribution in [3.05, 3.63) is 48.4 Å². The number of carbonyl (C=O) groups excluding carboxylic acids is 1. The number of anilines is 1. The predicted molar refractivity (Wildman–Crippen MR) is 71.5 cm³/mol. The third-order valence-electron chi connectivity index (χ3n) is 2.58. The first-order valence-electron chi connectivity index (χ1n) is 6.01. The summed E-state index contributed by atoms with van der Waals surface area (Å²) in [4.78, 5) is 11.6. The van der Waals surface area contributed by atoms with Crippen molar-refractivity contribution < 1.29 is 13.9 Å². The maximum atomic E-state index is 11.6. The molecule has 5 nitrogen and oxygen atoms in total. The van der Waals surface area contributed by atoms with E-state index < -0.39 is 0 Å². The molecule has 0 fully saturated rings. The molecule has 0 aliphatic carbocycles. The van der Waals surface area contributed by atoms with Crippen LogP contribution in [0.4, 0.5) is 5.69 Å². The Bertz CT molecular complexity index is 523. The second-order valence-electron chi connectivity index (χ2n) is 4.04. The van der Waals surface area contributed by atoms with Gasteiger partial charge in [0.05, 0.1) is 31.2 Å². The molecule has 0 aliphatic rings. The normalized spacial score (nSPS) is 10.1. The van der Waals surface area contributed by atoms with Gasteiger partial charge in [0.25, 0.3) is 0 Å². The first kappa shape index (κ1) is 13.0. The summed E-state index contributed by atoms with van der Waals surface area (Å²) in [6.45, 7) is 0.758. The Morgan fingerprint density at radius 3 is 2.89 bits per heavy atom. The first-order chi connectivity index (χ1) is 9.25. The Morgan fingerprint density at radius 2 is 2.16 bits per heavy atom. The van der Waals surface area contributed by atoms with Gasteiger partial charge in [0, 0.05) is 12.1 Å². The highest BCUT2D eigenvalue weighted by Gasteiger charge is 2.04. The van der Waals surface area contributed by atoms with E-state index in [9.17, 15) is 4.79 Å². The van der Waals surface area contributed by atoms with Crippen molar-refractivity contribution in [2.24, 2.45) is 0 Å². The fourth-order valence-corrected chi connectivity index (χ4v) is 1.55. The Morgan fingerprint density at radius 1 is 1.32 bits per heavy atom. The fraction of sp³-hybridized carbons (Fsp3) is 0.214. The van der Waals surface area contributed by atoms with E-state index in [4.69, 9.17) is 14.9 Å². The molecular formula is C14H16N2O3. The molecule has 0 saturated heterocycles. The van der Waals surface area contributed by atoms with Gasteiger partial charge in [0.2, 0.25) is 5.91 Å². The van der Waals surface area contributed by atoms with Crippen molar-refractivity contribution in [3.63, 3.8) is 0 Å². The van der Waals surface area contributed by atoms with Gasteiger partial charge in [0.15, 0.2) is 0 Å². The van der Waals surface area contributed by atoms with E-state index in [1.807, 2.05) is 12.1 Å². The molecule has 0 bridgehead atoms. The van der Waals surface area contributed by atoms with Gasteiger partial charge < -0.3 is 20.2 Å². The summed E-state index contributed by atoms with van der Waals surface area (Å²) in [6, 6.07) is 9.01. The number of ether oxygens (including phenoxy) is 1. The average molecular weight is 260 g/mol. The van der Waals surface area contributed by atoms with E-state index in [0.29, 0.717) is 24.6 Å². The largest absolute Gasteiger partial charge is 0.491 e. The lowest BCUT2D eigenvalue weighted by Crippen LogP contribution is -2.24. The number of amides is 1. The van der Waals surface area contributed by atoms with Crippen LogP contribution >= 0.6 is 0 Å². The van der Waals surface area contributed by atoms with Crippen molar-refractivity contribution in [1.29, 1.82) is 0 Å². The Hall–Kier alpha value is -2.43. The summed E-state index contributed by atoms with van der Waals surface area (Å²) in [7, 11) is 0. The molecule has 0 saturated carbocycles. The number of nitrogens with two attached hydrogens (primary N) is 1. The summed E-state index contributed by atoms with van der Waals surface area (Å²) < 4.78 is 10.3. The summed E-state index contributed by atoms with van der Waals surface area (Å²) in [5.41, 5.74) is 7.23. The molecule has 0 atom stereocenters. The third kappa shape index (κ3) is 4.06. The van der Waals surface area contributed by atoms with Crippen LogP contribution in [-0.4, -0.2) is 12.5 Å². The lowest BCUT2D eigenvalue weighted by Gasteiger charge is -2.08. The molecule has 1 amide bonds. The highest BCUT2D eigenvalue weighted by Crippen LogP contribution is 2.19. The van der Waals surface area contributed by atoms with Crippen LogP contribution in [0.2, 0.25) is 0 Å². The number of furan rings is 1. The van der Waals surface area contributed by atoms with Crippen molar-refractivity contribution in [2.45, 2.75) is 13.0 Å². The quantitative estimate of drug-likeness (QED) is 0.778. The van der Waals surface area contributed by atoms with E-state index in [0.717, 1.165) is 5.56 Å². The van der Waals surface area contributed by atoms with E-state index in [1.165, 1.54) is 0 Å². The van der Waals surface area contributed by atoms with Crippen molar-refractivity contribution >= 4 is 11.6 Å². The lowest BCUT2D eigenvalue weighted by molar-refractivity contribution is -0.121. The fourth-order valence-electron chi connectivity index (χ4n) is 1.55. The van der Waals surface area contributed by atoms with Crippen LogP contribution in [0.5, 0.6) is 5.75 Å². The zero-order valence-electron chi connectivity index (χ0n) is 10.5. The molecule has 1 aromatic carbocycles. The molecule has 0 aliphatic heterocycles. The molecule has 19 heavy (non-hydrogen) atoms. The van der Waals surface area contributed by atoms with Gasteiger partial charge in [-0.15, -0.1) is 0 Å². The molecule has 0 spiro atoms. The van der Waals surface area contributed by atoms with Gasteiger partial charge >= 0.3 is 0 Å². The molecule has 3 N–H and O–H groups in total. The van der Waals surface area contributed by atoms with Crippen molar-refractivity contribution in [1.82, 2.24) is 5.32 Å². The summed E-state index contributed by atoms with van der Waals surface area (Å²) in [5.74, 6) is 0.529. The number of hydrogen-bond acceptors (Lipinski definition) is 4. The zero-order chi connectivity index (χ0) is 13.5. The SMILES string of the molecule is Nc1ccccc1OCCC(=O)NCc1ccoc1. The molecule has 1 heterocycles. The predicted octanol–water partition coefficient (Wildman–Crippen LogP) is 1.95. The maximum Gasteiger partial charge on any atom is 0.223 e. The molecule has 0 radical (unpaired) electrons. The second-order valence-corrected chi connectivity index (χ2v) is 4.04. The molecule has 0 unspecified atom stereocenters. The number of benzene rings is 1. The van der Waals surface area contributed by atoms with Crippen LogP contribution in [0, 0.1) is 0 Å². The Labute approximate surface area is 111 Å². The Balaban J connectivity index is 1.68.